The maximum atomic E-state index is 2.50. The predicted octanol–water partition coefficient (Wildman–Crippen LogP) is 14.7. The zero-order valence-electron chi connectivity index (χ0n) is 29.8. The maximum Gasteiger partial charge on any atom is 0.0634 e. The second-order valence-electron chi connectivity index (χ2n) is 14.5. The van der Waals surface area contributed by atoms with Gasteiger partial charge in [-0.3, -0.25) is 0 Å². The average Bonchev–Trinajstić information content (AvgIpc) is 3.91. The van der Waals surface area contributed by atoms with Crippen molar-refractivity contribution < 1.29 is 0 Å². The van der Waals surface area contributed by atoms with Crippen LogP contribution in [0.1, 0.15) is 0 Å². The van der Waals surface area contributed by atoms with E-state index < -0.39 is 0 Å². The number of benzene rings is 9. The van der Waals surface area contributed by atoms with Gasteiger partial charge in [-0.2, -0.15) is 0 Å². The summed E-state index contributed by atoms with van der Waals surface area (Å²) in [5.74, 6) is 0. The van der Waals surface area contributed by atoms with Crippen molar-refractivity contribution in [2.24, 2.45) is 0 Å². The van der Waals surface area contributed by atoms with E-state index in [1.54, 1.807) is 0 Å². The molecule has 0 fully saturated rings. The van der Waals surface area contributed by atoms with Crippen LogP contribution in [0.25, 0.3) is 108 Å². The average molecular weight is 717 g/mol. The molecular weight excluding hydrogens is 685 g/mol. The molecule has 55 heavy (non-hydrogen) atoms. The minimum atomic E-state index is 1.16. The van der Waals surface area contributed by atoms with Crippen LogP contribution in [0.2, 0.25) is 0 Å². The number of hydrogen-bond acceptors (Lipinski definition) is 1. The maximum absolute atomic E-state index is 2.50. The number of aromatic nitrogens is 2. The van der Waals surface area contributed by atoms with Crippen LogP contribution in [0.5, 0.6) is 0 Å². The Labute approximate surface area is 321 Å². The highest BCUT2D eigenvalue weighted by atomic mass is 32.1. The first-order chi connectivity index (χ1) is 27.3. The Morgan fingerprint density at radius 3 is 1.76 bits per heavy atom. The van der Waals surface area contributed by atoms with E-state index in [2.05, 4.69) is 203 Å². The van der Waals surface area contributed by atoms with E-state index in [1.165, 1.54) is 102 Å². The SMILES string of the molecule is c1ccc(-c2ccc(-n3c4ccccc4c4cc(-c5cc6c7ccccc7n(-c7ccc8ccccc8c7)c6c6c5sc5ccccc56)ccc43)cc2)cc1. The van der Waals surface area contributed by atoms with Crippen LogP contribution in [-0.2, 0) is 0 Å². The highest BCUT2D eigenvalue weighted by Crippen LogP contribution is 2.48. The molecule has 0 aliphatic rings. The number of para-hydroxylation sites is 2. The van der Waals surface area contributed by atoms with Crippen molar-refractivity contribution in [2.75, 3.05) is 0 Å². The minimum absolute atomic E-state index is 1.16. The summed E-state index contributed by atoms with van der Waals surface area (Å²) in [7, 11) is 0. The van der Waals surface area contributed by atoms with Crippen molar-refractivity contribution in [1.82, 2.24) is 9.13 Å². The lowest BCUT2D eigenvalue weighted by Gasteiger charge is -2.12. The van der Waals surface area contributed by atoms with Gasteiger partial charge in [0.05, 0.1) is 22.1 Å². The van der Waals surface area contributed by atoms with E-state index in [4.69, 9.17) is 0 Å². The highest BCUT2D eigenvalue weighted by molar-refractivity contribution is 7.26. The van der Waals surface area contributed by atoms with Crippen molar-refractivity contribution in [3.8, 4) is 33.6 Å². The van der Waals surface area contributed by atoms with Gasteiger partial charge in [0.1, 0.15) is 0 Å². The van der Waals surface area contributed by atoms with Crippen LogP contribution in [0.15, 0.2) is 194 Å². The van der Waals surface area contributed by atoms with Crippen molar-refractivity contribution >= 4 is 85.9 Å². The molecule has 3 heteroatoms. The standard InChI is InChI=1S/C52H32N2S/c1-2-12-33(13-3-1)35-22-26-38(27-23-35)53-46-19-9-6-16-40(46)44-31-37(25-29-48(44)53)43-32-45-41-17-7-10-20-47(41)54(39-28-24-34-14-4-5-15-36(34)30-39)51(45)50-42-18-8-11-21-49(42)55-52(43)50/h1-32H. The summed E-state index contributed by atoms with van der Waals surface area (Å²) in [6.07, 6.45) is 0. The number of rotatable bonds is 4. The lowest BCUT2D eigenvalue weighted by Crippen LogP contribution is -1.95. The zero-order chi connectivity index (χ0) is 36.0. The van der Waals surface area contributed by atoms with Gasteiger partial charge in [-0.25, -0.2) is 0 Å². The van der Waals surface area contributed by atoms with Gasteiger partial charge in [-0.05, 0) is 88.1 Å². The van der Waals surface area contributed by atoms with Crippen molar-refractivity contribution in [3.63, 3.8) is 0 Å². The fourth-order valence-electron chi connectivity index (χ4n) is 8.99. The van der Waals surface area contributed by atoms with E-state index in [1.807, 2.05) is 11.3 Å². The molecule has 9 aromatic carbocycles. The molecule has 0 radical (unpaired) electrons. The first-order valence-corrected chi connectivity index (χ1v) is 19.7. The van der Waals surface area contributed by atoms with E-state index in [0.29, 0.717) is 0 Å². The fraction of sp³-hybridized carbons (Fsp3) is 0. The molecule has 0 saturated carbocycles. The molecule has 3 aromatic heterocycles. The van der Waals surface area contributed by atoms with Crippen LogP contribution in [-0.4, -0.2) is 9.13 Å². The normalized spacial score (nSPS) is 12.0. The van der Waals surface area contributed by atoms with E-state index in [-0.39, 0.29) is 0 Å². The van der Waals surface area contributed by atoms with Crippen molar-refractivity contribution in [3.05, 3.63) is 194 Å². The Morgan fingerprint density at radius 1 is 0.345 bits per heavy atom. The molecule has 0 bridgehead atoms. The lowest BCUT2D eigenvalue weighted by molar-refractivity contribution is 1.18. The van der Waals surface area contributed by atoms with Gasteiger partial charge in [0, 0.05) is 58.7 Å². The van der Waals surface area contributed by atoms with Crippen LogP contribution < -0.4 is 0 Å². The number of thiophene rings is 1. The molecule has 0 atom stereocenters. The Kier molecular flexibility index (Phi) is 6.54. The monoisotopic (exact) mass is 716 g/mol. The molecule has 12 rings (SSSR count). The summed E-state index contributed by atoms with van der Waals surface area (Å²) in [4.78, 5) is 0. The van der Waals surface area contributed by atoms with Gasteiger partial charge in [-0.15, -0.1) is 11.3 Å². The summed E-state index contributed by atoms with van der Waals surface area (Å²) < 4.78 is 7.54. The molecule has 0 unspecified atom stereocenters. The van der Waals surface area contributed by atoms with Gasteiger partial charge in [0.25, 0.3) is 0 Å². The molecule has 0 N–H and O–H groups in total. The lowest BCUT2D eigenvalue weighted by atomic mass is 9.97. The molecule has 0 aliphatic carbocycles. The molecular formula is C52H32N2S. The van der Waals surface area contributed by atoms with E-state index >= 15 is 0 Å². The third-order valence-electron chi connectivity index (χ3n) is 11.5. The minimum Gasteiger partial charge on any atom is -0.309 e. The second-order valence-corrected chi connectivity index (χ2v) is 15.6. The van der Waals surface area contributed by atoms with Gasteiger partial charge in [-0.1, -0.05) is 133 Å². The third-order valence-corrected chi connectivity index (χ3v) is 12.7. The topological polar surface area (TPSA) is 9.86 Å². The highest BCUT2D eigenvalue weighted by Gasteiger charge is 2.22. The van der Waals surface area contributed by atoms with Crippen LogP contribution in [0.3, 0.4) is 0 Å². The number of fused-ring (bicyclic) bond motifs is 11. The molecule has 256 valence electrons. The molecule has 2 nitrogen and oxygen atoms in total. The van der Waals surface area contributed by atoms with Gasteiger partial charge in [0.15, 0.2) is 0 Å². The largest absolute Gasteiger partial charge is 0.309 e. The van der Waals surface area contributed by atoms with Gasteiger partial charge < -0.3 is 9.13 Å². The third kappa shape index (κ3) is 4.54. The van der Waals surface area contributed by atoms with E-state index in [9.17, 15) is 0 Å². The predicted molar refractivity (Wildman–Crippen MR) is 236 cm³/mol. The molecule has 0 spiro atoms. The molecule has 3 heterocycles. The molecule has 0 aliphatic heterocycles. The quantitative estimate of drug-likeness (QED) is 0.172. The van der Waals surface area contributed by atoms with Gasteiger partial charge >= 0.3 is 0 Å². The Hall–Kier alpha value is -6.94. The summed E-state index contributed by atoms with van der Waals surface area (Å²) in [6, 6.07) is 71.4. The summed E-state index contributed by atoms with van der Waals surface area (Å²) in [5.41, 5.74) is 12.2. The van der Waals surface area contributed by atoms with Crippen LogP contribution in [0.4, 0.5) is 0 Å². The summed E-state index contributed by atoms with van der Waals surface area (Å²) in [5, 5.41) is 10.2. The van der Waals surface area contributed by atoms with Crippen LogP contribution >= 0.6 is 11.3 Å². The van der Waals surface area contributed by atoms with E-state index in [0.717, 1.165) is 5.69 Å². The molecule has 0 saturated heterocycles. The Balaban J connectivity index is 1.12. The van der Waals surface area contributed by atoms with Crippen LogP contribution in [0, 0.1) is 0 Å². The Morgan fingerprint density at radius 2 is 0.945 bits per heavy atom. The smallest absolute Gasteiger partial charge is 0.0634 e. The van der Waals surface area contributed by atoms with Crippen molar-refractivity contribution in [1.29, 1.82) is 0 Å². The number of hydrogen-bond donors (Lipinski definition) is 0. The first kappa shape index (κ1) is 30.5. The fourth-order valence-corrected chi connectivity index (χ4v) is 10.2. The summed E-state index contributed by atoms with van der Waals surface area (Å²) >= 11 is 1.91. The molecule has 12 aromatic rings. The zero-order valence-corrected chi connectivity index (χ0v) is 30.6. The second kappa shape index (κ2) is 11.8. The number of nitrogens with zero attached hydrogens (tertiary/aromatic N) is 2. The van der Waals surface area contributed by atoms with Gasteiger partial charge in [0.2, 0.25) is 0 Å². The Bertz CT molecular complexity index is 3470. The molecule has 0 amide bonds. The van der Waals surface area contributed by atoms with Crippen molar-refractivity contribution in [2.45, 2.75) is 0 Å². The first-order valence-electron chi connectivity index (χ1n) is 18.8. The summed E-state index contributed by atoms with van der Waals surface area (Å²) in [6.45, 7) is 0.